The van der Waals surface area contributed by atoms with Crippen LogP contribution in [0.1, 0.15) is 37.3 Å². The topological polar surface area (TPSA) is 44.1 Å². The molecule has 0 saturated carbocycles. The van der Waals surface area contributed by atoms with Crippen LogP contribution in [0.3, 0.4) is 0 Å². The van der Waals surface area contributed by atoms with Gasteiger partial charge in [0.25, 0.3) is 0 Å². The molecule has 30 heavy (non-hydrogen) atoms. The highest BCUT2D eigenvalue weighted by Crippen LogP contribution is 2.05. The van der Waals surface area contributed by atoms with Gasteiger partial charge in [-0.25, -0.2) is 4.98 Å². The Labute approximate surface area is 181 Å². The summed E-state index contributed by atoms with van der Waals surface area (Å²) in [6, 6.07) is 19.6. The number of benzene rings is 2. The lowest BCUT2D eigenvalue weighted by atomic mass is 9.66. The lowest BCUT2D eigenvalue weighted by Gasteiger charge is -2.03. The average molecular weight is 404 g/mol. The molecule has 0 radical (unpaired) electrons. The Hall–Kier alpha value is -2.82. The second-order valence-electron chi connectivity index (χ2n) is 7.45. The molecule has 0 fully saturated rings. The van der Waals surface area contributed by atoms with Gasteiger partial charge in [-0.3, -0.25) is 4.79 Å². The molecule has 5 heteroatoms. The molecule has 3 rings (SSSR count). The summed E-state index contributed by atoms with van der Waals surface area (Å²) in [5, 5.41) is 0. The maximum Gasteiger partial charge on any atom is 0.305 e. The number of imidazole rings is 1. The highest BCUT2D eigenvalue weighted by molar-refractivity contribution is 6.53. The predicted molar refractivity (Wildman–Crippen MR) is 126 cm³/mol. The molecule has 0 bridgehead atoms. The van der Waals surface area contributed by atoms with Crippen LogP contribution in [0.2, 0.25) is 6.32 Å². The molecule has 0 atom stereocenters. The Morgan fingerprint density at radius 1 is 1.10 bits per heavy atom. The SMILES string of the molecule is CCCOC(=O)CCCn1ccnc1.Cc1ccc(CCBc2ccccc2)cc1. The van der Waals surface area contributed by atoms with E-state index in [1.807, 2.05) is 17.7 Å². The smallest absolute Gasteiger partial charge is 0.305 e. The van der Waals surface area contributed by atoms with Crippen LogP contribution in [0.25, 0.3) is 0 Å². The Morgan fingerprint density at radius 2 is 1.87 bits per heavy atom. The van der Waals surface area contributed by atoms with Crippen molar-refractivity contribution < 1.29 is 9.53 Å². The molecule has 1 aromatic heterocycles. The first-order chi connectivity index (χ1) is 14.7. The monoisotopic (exact) mass is 404 g/mol. The average Bonchev–Trinajstić information content (AvgIpc) is 3.28. The number of carbonyl (C=O) groups is 1. The lowest BCUT2D eigenvalue weighted by molar-refractivity contribution is -0.143. The summed E-state index contributed by atoms with van der Waals surface area (Å²) in [6.45, 7) is 5.47. The van der Waals surface area contributed by atoms with Crippen molar-refractivity contribution >= 4 is 18.7 Å². The van der Waals surface area contributed by atoms with E-state index in [0.717, 1.165) is 19.4 Å². The van der Waals surface area contributed by atoms with Crippen molar-refractivity contribution in [3.8, 4) is 0 Å². The van der Waals surface area contributed by atoms with Crippen LogP contribution in [0, 0.1) is 6.92 Å². The van der Waals surface area contributed by atoms with Crippen LogP contribution in [0.4, 0.5) is 0 Å². The Balaban J connectivity index is 0.000000216. The maximum absolute atomic E-state index is 11.1. The molecule has 2 aromatic carbocycles. The van der Waals surface area contributed by atoms with Crippen molar-refractivity contribution in [2.75, 3.05) is 6.61 Å². The minimum Gasteiger partial charge on any atom is -0.466 e. The van der Waals surface area contributed by atoms with Crippen LogP contribution >= 0.6 is 0 Å². The molecule has 3 aromatic rings. The zero-order valence-electron chi connectivity index (χ0n) is 18.3. The first-order valence-electron chi connectivity index (χ1n) is 10.9. The third-order valence-corrected chi connectivity index (χ3v) is 4.72. The molecule has 0 saturated heterocycles. The molecule has 0 amide bonds. The Morgan fingerprint density at radius 3 is 2.53 bits per heavy atom. The fraction of sp³-hybridized carbons (Fsp3) is 0.360. The number of esters is 1. The minimum atomic E-state index is -0.105. The van der Waals surface area contributed by atoms with Crippen molar-refractivity contribution in [2.24, 2.45) is 0 Å². The number of nitrogens with zero attached hydrogens (tertiary/aromatic N) is 2. The van der Waals surface area contributed by atoms with Gasteiger partial charge in [0.2, 0.25) is 0 Å². The summed E-state index contributed by atoms with van der Waals surface area (Å²) in [5.74, 6) is -0.105. The zero-order valence-corrected chi connectivity index (χ0v) is 18.3. The van der Waals surface area contributed by atoms with Crippen LogP contribution < -0.4 is 5.46 Å². The number of carbonyl (C=O) groups excluding carboxylic acids is 1. The van der Waals surface area contributed by atoms with Crippen LogP contribution in [0.5, 0.6) is 0 Å². The van der Waals surface area contributed by atoms with E-state index in [1.54, 1.807) is 12.5 Å². The minimum absolute atomic E-state index is 0.105. The van der Waals surface area contributed by atoms with E-state index in [1.165, 1.54) is 36.6 Å². The highest BCUT2D eigenvalue weighted by atomic mass is 16.5. The normalized spacial score (nSPS) is 10.1. The number of aryl methyl sites for hydroxylation is 3. The van der Waals surface area contributed by atoms with Crippen molar-refractivity contribution in [1.82, 2.24) is 9.55 Å². The Bertz CT molecular complexity index is 818. The first-order valence-corrected chi connectivity index (χ1v) is 10.9. The van der Waals surface area contributed by atoms with Gasteiger partial charge < -0.3 is 9.30 Å². The molecular weight excluding hydrogens is 371 g/mol. The molecule has 158 valence electrons. The maximum atomic E-state index is 11.1. The van der Waals surface area contributed by atoms with Gasteiger partial charge in [-0.2, -0.15) is 0 Å². The molecule has 0 unspecified atom stereocenters. The third kappa shape index (κ3) is 10.1. The third-order valence-electron chi connectivity index (χ3n) is 4.72. The fourth-order valence-corrected chi connectivity index (χ4v) is 3.01. The van der Waals surface area contributed by atoms with E-state index in [9.17, 15) is 4.79 Å². The van der Waals surface area contributed by atoms with E-state index < -0.39 is 0 Å². The number of rotatable bonds is 10. The molecule has 0 N–H and O–H groups in total. The zero-order chi connectivity index (χ0) is 21.4. The molecule has 0 aliphatic heterocycles. The van der Waals surface area contributed by atoms with E-state index in [-0.39, 0.29) is 5.97 Å². The largest absolute Gasteiger partial charge is 0.466 e. The standard InChI is InChI=1S/C15H17B.C10H16N2O2/c1-13-7-9-14(10-8-13)11-12-16-15-5-3-2-4-6-15;1-2-8-14-10(13)4-3-6-12-7-5-11-9-12/h2-10,16H,11-12H2,1H3;5,7,9H,2-4,6,8H2,1H3. The first kappa shape index (κ1) is 23.5. The van der Waals surface area contributed by atoms with E-state index in [2.05, 4.69) is 66.5 Å². The number of aromatic nitrogens is 2. The van der Waals surface area contributed by atoms with Crippen LogP contribution in [0.15, 0.2) is 73.3 Å². The number of hydrogen-bond acceptors (Lipinski definition) is 3. The van der Waals surface area contributed by atoms with Crippen molar-refractivity contribution in [3.63, 3.8) is 0 Å². The summed E-state index contributed by atoms with van der Waals surface area (Å²) in [7, 11) is 1.18. The van der Waals surface area contributed by atoms with Crippen molar-refractivity contribution in [1.29, 1.82) is 0 Å². The summed E-state index contributed by atoms with van der Waals surface area (Å²) in [6.07, 6.45) is 9.94. The second kappa shape index (κ2) is 14.2. The molecular formula is C25H33BN2O2. The van der Waals surface area contributed by atoms with Gasteiger partial charge >= 0.3 is 5.97 Å². The van der Waals surface area contributed by atoms with Gasteiger partial charge in [0.05, 0.1) is 12.9 Å². The van der Waals surface area contributed by atoms with Gasteiger partial charge in [0.1, 0.15) is 0 Å². The van der Waals surface area contributed by atoms with Crippen LogP contribution in [-0.4, -0.2) is 29.4 Å². The molecule has 0 aliphatic carbocycles. The molecule has 0 spiro atoms. The van der Waals surface area contributed by atoms with Crippen LogP contribution in [-0.2, 0) is 22.5 Å². The summed E-state index contributed by atoms with van der Waals surface area (Å²) in [4.78, 5) is 15.0. The summed E-state index contributed by atoms with van der Waals surface area (Å²) in [5.41, 5.74) is 4.22. The fourth-order valence-electron chi connectivity index (χ4n) is 3.01. The second-order valence-corrected chi connectivity index (χ2v) is 7.45. The van der Waals surface area contributed by atoms with Gasteiger partial charge in [0, 0.05) is 25.4 Å². The molecule has 1 heterocycles. The van der Waals surface area contributed by atoms with Gasteiger partial charge in [0.15, 0.2) is 7.28 Å². The summed E-state index contributed by atoms with van der Waals surface area (Å²) >= 11 is 0. The van der Waals surface area contributed by atoms with Gasteiger partial charge in [-0.05, 0) is 31.7 Å². The van der Waals surface area contributed by atoms with E-state index >= 15 is 0 Å². The van der Waals surface area contributed by atoms with Crippen molar-refractivity contribution in [2.45, 2.75) is 52.4 Å². The van der Waals surface area contributed by atoms with Gasteiger partial charge in [-0.1, -0.05) is 78.9 Å². The lowest BCUT2D eigenvalue weighted by Crippen LogP contribution is -2.13. The van der Waals surface area contributed by atoms with Gasteiger partial charge in [-0.15, -0.1) is 0 Å². The highest BCUT2D eigenvalue weighted by Gasteiger charge is 2.01. The molecule has 0 aliphatic rings. The van der Waals surface area contributed by atoms with Crippen molar-refractivity contribution in [3.05, 3.63) is 84.4 Å². The summed E-state index contributed by atoms with van der Waals surface area (Å²) < 4.78 is 6.90. The quantitative estimate of drug-likeness (QED) is 0.373. The predicted octanol–water partition coefficient (Wildman–Crippen LogP) is 4.33. The Kier molecular flexibility index (Phi) is 11.1. The van der Waals surface area contributed by atoms with E-state index in [4.69, 9.17) is 4.74 Å². The molecule has 4 nitrogen and oxygen atoms in total. The number of hydrogen-bond donors (Lipinski definition) is 0. The van der Waals surface area contributed by atoms with E-state index in [0.29, 0.717) is 13.0 Å². The number of ether oxygens (including phenoxy) is 1.